The summed E-state index contributed by atoms with van der Waals surface area (Å²) < 4.78 is 1.20. The summed E-state index contributed by atoms with van der Waals surface area (Å²) >= 11 is 5.31. The first-order valence-electron chi connectivity index (χ1n) is 6.49. The van der Waals surface area contributed by atoms with Crippen molar-refractivity contribution in [3.05, 3.63) is 20.8 Å². The first kappa shape index (κ1) is 12.2. The predicted molar refractivity (Wildman–Crippen MR) is 76.4 cm³/mol. The highest BCUT2D eigenvalue weighted by atomic mass is 79.9. The minimum Gasteiger partial charge on any atom is -0.311 e. The van der Waals surface area contributed by atoms with Crippen LogP contribution in [0.5, 0.6) is 0 Å². The molecule has 1 saturated heterocycles. The highest BCUT2D eigenvalue weighted by molar-refractivity contribution is 9.10. The fourth-order valence-corrected chi connectivity index (χ4v) is 4.60. The van der Waals surface area contributed by atoms with Gasteiger partial charge in [-0.2, -0.15) is 0 Å². The number of nitrogens with zero attached hydrogens (tertiary/aromatic N) is 1. The maximum absolute atomic E-state index is 3.55. The van der Waals surface area contributed by atoms with Crippen molar-refractivity contribution in [2.24, 2.45) is 5.92 Å². The second-order valence-electron chi connectivity index (χ2n) is 5.24. The number of piperidine rings is 1. The van der Waals surface area contributed by atoms with E-state index in [0.29, 0.717) is 0 Å². The van der Waals surface area contributed by atoms with Gasteiger partial charge in [0.15, 0.2) is 0 Å². The van der Waals surface area contributed by atoms with Crippen molar-refractivity contribution < 1.29 is 0 Å². The molecule has 2 aliphatic rings. The first-order chi connectivity index (χ1) is 8.31. The van der Waals surface area contributed by atoms with Crippen molar-refractivity contribution in [1.82, 2.24) is 10.2 Å². The molecular weight excluding hydrogens is 296 g/mol. The number of nitrogens with one attached hydrogen (secondary N) is 1. The summed E-state index contributed by atoms with van der Waals surface area (Å²) in [5.74, 6) is 1.02. The molecule has 2 bridgehead atoms. The molecule has 17 heavy (non-hydrogen) atoms. The van der Waals surface area contributed by atoms with E-state index < -0.39 is 0 Å². The summed E-state index contributed by atoms with van der Waals surface area (Å²) in [6, 6.07) is 3.12. The van der Waals surface area contributed by atoms with E-state index in [2.05, 4.69) is 37.6 Å². The Balaban J connectivity index is 1.36. The quantitative estimate of drug-likeness (QED) is 0.840. The molecule has 2 nitrogen and oxygen atoms in total. The van der Waals surface area contributed by atoms with Crippen LogP contribution in [0, 0.1) is 5.92 Å². The van der Waals surface area contributed by atoms with Crippen molar-refractivity contribution in [3.8, 4) is 0 Å². The normalized spacial score (nSPS) is 28.1. The van der Waals surface area contributed by atoms with Gasteiger partial charge < -0.3 is 5.32 Å². The van der Waals surface area contributed by atoms with Crippen LogP contribution in [0.3, 0.4) is 0 Å². The second kappa shape index (κ2) is 5.39. The van der Waals surface area contributed by atoms with Crippen molar-refractivity contribution in [2.45, 2.75) is 31.8 Å². The van der Waals surface area contributed by atoms with Crippen LogP contribution in [0.1, 0.15) is 24.1 Å². The smallest absolute Gasteiger partial charge is 0.0300 e. The van der Waals surface area contributed by atoms with Gasteiger partial charge in [0.05, 0.1) is 0 Å². The Bertz CT molecular complexity index is 379. The van der Waals surface area contributed by atoms with Crippen LogP contribution >= 0.6 is 27.3 Å². The lowest BCUT2D eigenvalue weighted by molar-refractivity contribution is 0.214. The lowest BCUT2D eigenvalue weighted by Crippen LogP contribution is -2.37. The molecule has 2 fully saturated rings. The van der Waals surface area contributed by atoms with E-state index in [-0.39, 0.29) is 0 Å². The topological polar surface area (TPSA) is 15.3 Å². The Morgan fingerprint density at radius 3 is 3.06 bits per heavy atom. The molecule has 0 radical (unpaired) electrons. The SMILES string of the molecule is Brc1csc(CNCCN2CC3CCC2C3)c1. The van der Waals surface area contributed by atoms with Crippen LogP contribution in [0.15, 0.2) is 15.9 Å². The standard InChI is InChI=1S/C13H19BrN2S/c14-11-6-13(17-9-11)7-15-3-4-16-8-10-1-2-12(16)5-10/h6,9-10,12,15H,1-5,7-8H2. The Hall–Kier alpha value is 0.1000. The monoisotopic (exact) mass is 314 g/mol. The maximum atomic E-state index is 3.55. The number of hydrogen-bond acceptors (Lipinski definition) is 3. The first-order valence-corrected chi connectivity index (χ1v) is 8.16. The molecule has 2 atom stereocenters. The zero-order valence-electron chi connectivity index (χ0n) is 9.99. The van der Waals surface area contributed by atoms with Gasteiger partial charge in [0, 0.05) is 47.0 Å². The van der Waals surface area contributed by atoms with Gasteiger partial charge in [-0.15, -0.1) is 11.3 Å². The van der Waals surface area contributed by atoms with Crippen LogP contribution in [0.25, 0.3) is 0 Å². The van der Waals surface area contributed by atoms with Gasteiger partial charge in [0.2, 0.25) is 0 Å². The van der Waals surface area contributed by atoms with Crippen LogP contribution in [-0.2, 0) is 6.54 Å². The van der Waals surface area contributed by atoms with E-state index >= 15 is 0 Å². The molecule has 1 N–H and O–H groups in total. The third kappa shape index (κ3) is 2.92. The number of hydrogen-bond donors (Lipinski definition) is 1. The Kier molecular flexibility index (Phi) is 3.85. The third-order valence-corrected chi connectivity index (χ3v) is 5.72. The fraction of sp³-hybridized carbons (Fsp3) is 0.692. The van der Waals surface area contributed by atoms with E-state index in [1.54, 1.807) is 0 Å². The van der Waals surface area contributed by atoms with E-state index in [1.807, 2.05) is 11.3 Å². The lowest BCUT2D eigenvalue weighted by atomic mass is 10.1. The number of halogens is 1. The summed E-state index contributed by atoms with van der Waals surface area (Å²) in [4.78, 5) is 4.10. The fourth-order valence-electron chi connectivity index (χ4n) is 3.18. The minimum absolute atomic E-state index is 0.915. The Labute approximate surface area is 116 Å². The molecule has 1 aliphatic heterocycles. The van der Waals surface area contributed by atoms with Gasteiger partial charge in [0.1, 0.15) is 0 Å². The Morgan fingerprint density at radius 1 is 1.47 bits per heavy atom. The average Bonchev–Trinajstić information content (AvgIpc) is 3.00. The number of thiophene rings is 1. The summed E-state index contributed by atoms with van der Waals surface area (Å²) in [5, 5.41) is 5.70. The number of fused-ring (bicyclic) bond motifs is 2. The van der Waals surface area contributed by atoms with Gasteiger partial charge in [-0.1, -0.05) is 0 Å². The Morgan fingerprint density at radius 2 is 2.41 bits per heavy atom. The van der Waals surface area contributed by atoms with E-state index in [4.69, 9.17) is 0 Å². The van der Waals surface area contributed by atoms with Crippen LogP contribution in [0.4, 0.5) is 0 Å². The highest BCUT2D eigenvalue weighted by Gasteiger charge is 2.36. The molecule has 1 saturated carbocycles. The predicted octanol–water partition coefficient (Wildman–Crippen LogP) is 3.08. The van der Waals surface area contributed by atoms with Crippen molar-refractivity contribution in [1.29, 1.82) is 0 Å². The summed E-state index contributed by atoms with van der Waals surface area (Å²) in [6.07, 6.45) is 4.40. The molecule has 94 valence electrons. The number of likely N-dealkylation sites (tertiary alicyclic amines) is 1. The largest absolute Gasteiger partial charge is 0.311 e. The van der Waals surface area contributed by atoms with Gasteiger partial charge >= 0.3 is 0 Å². The summed E-state index contributed by atoms with van der Waals surface area (Å²) in [7, 11) is 0. The molecule has 0 aromatic carbocycles. The molecule has 0 amide bonds. The zero-order valence-corrected chi connectivity index (χ0v) is 12.4. The summed E-state index contributed by atoms with van der Waals surface area (Å²) in [6.45, 7) is 4.72. The number of rotatable bonds is 5. The zero-order chi connectivity index (χ0) is 11.7. The molecule has 0 spiro atoms. The van der Waals surface area contributed by atoms with Crippen molar-refractivity contribution in [3.63, 3.8) is 0 Å². The van der Waals surface area contributed by atoms with Gasteiger partial charge in [0.25, 0.3) is 0 Å². The van der Waals surface area contributed by atoms with Crippen LogP contribution < -0.4 is 5.32 Å². The molecule has 2 heterocycles. The summed E-state index contributed by atoms with van der Waals surface area (Å²) in [5.41, 5.74) is 0. The third-order valence-electron chi connectivity index (χ3n) is 4.02. The molecule has 1 aromatic heterocycles. The van der Waals surface area contributed by atoms with E-state index in [1.165, 1.54) is 41.7 Å². The van der Waals surface area contributed by atoms with Crippen molar-refractivity contribution in [2.75, 3.05) is 19.6 Å². The average molecular weight is 315 g/mol. The van der Waals surface area contributed by atoms with Gasteiger partial charge in [-0.05, 0) is 47.2 Å². The molecule has 1 aliphatic carbocycles. The molecule has 3 rings (SSSR count). The second-order valence-corrected chi connectivity index (χ2v) is 7.15. The molecule has 2 unspecified atom stereocenters. The lowest BCUT2D eigenvalue weighted by Gasteiger charge is -2.26. The van der Waals surface area contributed by atoms with Crippen molar-refractivity contribution >= 4 is 27.3 Å². The highest BCUT2D eigenvalue weighted by Crippen LogP contribution is 2.36. The minimum atomic E-state index is 0.915. The van der Waals surface area contributed by atoms with Gasteiger partial charge in [-0.3, -0.25) is 4.90 Å². The van der Waals surface area contributed by atoms with E-state index in [9.17, 15) is 0 Å². The molecular formula is C13H19BrN2S. The van der Waals surface area contributed by atoms with Crippen LogP contribution in [-0.4, -0.2) is 30.6 Å². The van der Waals surface area contributed by atoms with Gasteiger partial charge in [-0.25, -0.2) is 0 Å². The maximum Gasteiger partial charge on any atom is 0.0300 e. The molecule has 1 aromatic rings. The molecule has 4 heteroatoms. The van der Waals surface area contributed by atoms with E-state index in [0.717, 1.165) is 25.0 Å². The van der Waals surface area contributed by atoms with Crippen LogP contribution in [0.2, 0.25) is 0 Å².